The first kappa shape index (κ1) is 16.1. The van der Waals surface area contributed by atoms with Crippen molar-refractivity contribution in [3.63, 3.8) is 0 Å². The van der Waals surface area contributed by atoms with Gasteiger partial charge in [0.2, 0.25) is 0 Å². The first-order valence-electron chi connectivity index (χ1n) is 8.34. The molecule has 9 heteroatoms. The maximum atomic E-state index is 4.53. The number of tetrazole rings is 1. The lowest BCUT2D eigenvalue weighted by Gasteiger charge is -2.11. The van der Waals surface area contributed by atoms with Crippen LogP contribution in [-0.2, 0) is 7.05 Å². The van der Waals surface area contributed by atoms with E-state index < -0.39 is 0 Å². The maximum Gasteiger partial charge on any atom is 0.182 e. The molecule has 3 heterocycles. The van der Waals surface area contributed by atoms with E-state index in [0.29, 0.717) is 5.82 Å². The van der Waals surface area contributed by atoms with Gasteiger partial charge < -0.3 is 5.32 Å². The highest BCUT2D eigenvalue weighted by atomic mass is 15.5. The summed E-state index contributed by atoms with van der Waals surface area (Å²) in [6, 6.07) is 8.11. The number of hydrogen-bond acceptors (Lipinski definition) is 7. The van der Waals surface area contributed by atoms with E-state index in [0.717, 1.165) is 33.9 Å². The van der Waals surface area contributed by atoms with Crippen molar-refractivity contribution in [2.45, 2.75) is 26.8 Å². The van der Waals surface area contributed by atoms with Gasteiger partial charge in [-0.3, -0.25) is 4.68 Å². The molecule has 0 aliphatic heterocycles. The number of aromatic nitrogens is 8. The molecule has 1 N–H and O–H groups in total. The highest BCUT2D eigenvalue weighted by Gasteiger charge is 2.13. The normalized spacial score (nSPS) is 11.4. The molecule has 0 aliphatic rings. The molecule has 132 valence electrons. The second-order valence-corrected chi connectivity index (χ2v) is 6.37. The van der Waals surface area contributed by atoms with Gasteiger partial charge in [0.15, 0.2) is 11.5 Å². The van der Waals surface area contributed by atoms with Crippen molar-refractivity contribution in [1.29, 1.82) is 0 Å². The summed E-state index contributed by atoms with van der Waals surface area (Å²) < 4.78 is 3.54. The van der Waals surface area contributed by atoms with Crippen LogP contribution >= 0.6 is 0 Å². The summed E-state index contributed by atoms with van der Waals surface area (Å²) in [5.74, 6) is 2.14. The molecule has 0 atom stereocenters. The Morgan fingerprint density at radius 3 is 2.81 bits per heavy atom. The largest absolute Gasteiger partial charge is 0.339 e. The molecule has 0 spiro atoms. The van der Waals surface area contributed by atoms with Crippen LogP contribution < -0.4 is 5.32 Å². The SMILES string of the molecule is Cc1nc(Nc2cccc(-c3nnnn3C(C)C)c2)c2cnn(C)c2n1. The number of benzene rings is 1. The third kappa shape index (κ3) is 2.77. The van der Waals surface area contributed by atoms with E-state index in [1.54, 1.807) is 15.6 Å². The Morgan fingerprint density at radius 1 is 1.15 bits per heavy atom. The Labute approximate surface area is 150 Å². The van der Waals surface area contributed by atoms with Gasteiger partial charge in [0.05, 0.1) is 17.6 Å². The Morgan fingerprint density at radius 2 is 2.00 bits per heavy atom. The van der Waals surface area contributed by atoms with Crippen LogP contribution in [-0.4, -0.2) is 40.0 Å². The van der Waals surface area contributed by atoms with Crippen LogP contribution in [0.3, 0.4) is 0 Å². The molecule has 4 rings (SSSR count). The molecular weight excluding hydrogens is 330 g/mol. The number of nitrogens with one attached hydrogen (secondary N) is 1. The van der Waals surface area contributed by atoms with Gasteiger partial charge in [-0.2, -0.15) is 5.10 Å². The molecule has 0 aliphatic carbocycles. The molecule has 4 aromatic rings. The van der Waals surface area contributed by atoms with E-state index in [1.165, 1.54) is 0 Å². The van der Waals surface area contributed by atoms with Crippen LogP contribution in [0, 0.1) is 6.92 Å². The van der Waals surface area contributed by atoms with Gasteiger partial charge >= 0.3 is 0 Å². The number of fused-ring (bicyclic) bond motifs is 1. The van der Waals surface area contributed by atoms with Gasteiger partial charge in [-0.1, -0.05) is 12.1 Å². The Hall–Kier alpha value is -3.36. The topological polar surface area (TPSA) is 99.2 Å². The van der Waals surface area contributed by atoms with Crippen molar-refractivity contribution in [2.75, 3.05) is 5.32 Å². The van der Waals surface area contributed by atoms with Gasteiger partial charge in [0, 0.05) is 18.3 Å². The monoisotopic (exact) mass is 349 g/mol. The minimum atomic E-state index is 0.177. The number of nitrogens with zero attached hydrogens (tertiary/aromatic N) is 8. The van der Waals surface area contributed by atoms with Gasteiger partial charge in [0.25, 0.3) is 0 Å². The summed E-state index contributed by atoms with van der Waals surface area (Å²) >= 11 is 0. The Bertz CT molecular complexity index is 1080. The van der Waals surface area contributed by atoms with E-state index in [9.17, 15) is 0 Å². The van der Waals surface area contributed by atoms with Gasteiger partial charge in [0.1, 0.15) is 11.6 Å². The maximum absolute atomic E-state index is 4.53. The molecule has 0 saturated carbocycles. The van der Waals surface area contributed by atoms with Gasteiger partial charge in [-0.25, -0.2) is 14.6 Å². The quantitative estimate of drug-likeness (QED) is 0.604. The predicted molar refractivity (Wildman–Crippen MR) is 98.0 cm³/mol. The average molecular weight is 349 g/mol. The number of aryl methyl sites for hydroxylation is 2. The molecule has 0 fully saturated rings. The molecule has 0 radical (unpaired) electrons. The fraction of sp³-hybridized carbons (Fsp3) is 0.294. The highest BCUT2D eigenvalue weighted by Crippen LogP contribution is 2.26. The summed E-state index contributed by atoms with van der Waals surface area (Å²) in [4.78, 5) is 8.97. The van der Waals surface area contributed by atoms with Gasteiger partial charge in [-0.05, 0) is 43.3 Å². The van der Waals surface area contributed by atoms with Gasteiger partial charge in [-0.15, -0.1) is 5.10 Å². The van der Waals surface area contributed by atoms with Crippen LogP contribution in [0.25, 0.3) is 22.4 Å². The van der Waals surface area contributed by atoms with Crippen molar-refractivity contribution in [1.82, 2.24) is 40.0 Å². The zero-order valence-corrected chi connectivity index (χ0v) is 15.0. The fourth-order valence-corrected chi connectivity index (χ4v) is 2.83. The van der Waals surface area contributed by atoms with Crippen LogP contribution in [0.1, 0.15) is 25.7 Å². The molecule has 26 heavy (non-hydrogen) atoms. The van der Waals surface area contributed by atoms with Crippen molar-refractivity contribution in [2.24, 2.45) is 7.05 Å². The average Bonchev–Trinajstić information content (AvgIpc) is 3.23. The van der Waals surface area contributed by atoms with Crippen molar-refractivity contribution < 1.29 is 0 Å². The summed E-state index contributed by atoms with van der Waals surface area (Å²) in [5.41, 5.74) is 2.62. The molecular formula is C17H19N9. The second-order valence-electron chi connectivity index (χ2n) is 6.37. The Kier molecular flexibility index (Phi) is 3.83. The first-order chi connectivity index (χ1) is 12.5. The fourth-order valence-electron chi connectivity index (χ4n) is 2.83. The van der Waals surface area contributed by atoms with E-state index >= 15 is 0 Å². The van der Waals surface area contributed by atoms with Crippen LogP contribution in [0.15, 0.2) is 30.5 Å². The van der Waals surface area contributed by atoms with E-state index in [1.807, 2.05) is 52.1 Å². The van der Waals surface area contributed by atoms with Crippen molar-refractivity contribution in [3.8, 4) is 11.4 Å². The van der Waals surface area contributed by atoms with Crippen LogP contribution in [0.5, 0.6) is 0 Å². The Balaban J connectivity index is 1.73. The number of hydrogen-bond donors (Lipinski definition) is 1. The van der Waals surface area contributed by atoms with Crippen LogP contribution in [0.2, 0.25) is 0 Å². The summed E-state index contributed by atoms with van der Waals surface area (Å²) in [6.45, 7) is 5.96. The van der Waals surface area contributed by atoms with E-state index in [-0.39, 0.29) is 6.04 Å². The highest BCUT2D eigenvalue weighted by molar-refractivity contribution is 5.88. The molecule has 0 bridgehead atoms. The zero-order valence-electron chi connectivity index (χ0n) is 15.0. The molecule has 1 aromatic carbocycles. The number of rotatable bonds is 4. The third-order valence-corrected chi connectivity index (χ3v) is 4.07. The lowest BCUT2D eigenvalue weighted by Crippen LogP contribution is -2.05. The zero-order chi connectivity index (χ0) is 18.3. The minimum absolute atomic E-state index is 0.177. The summed E-state index contributed by atoms with van der Waals surface area (Å²) in [6.07, 6.45) is 1.76. The molecule has 3 aromatic heterocycles. The van der Waals surface area contributed by atoms with E-state index in [2.05, 4.69) is 35.9 Å². The van der Waals surface area contributed by atoms with E-state index in [4.69, 9.17) is 0 Å². The van der Waals surface area contributed by atoms with Crippen molar-refractivity contribution in [3.05, 3.63) is 36.3 Å². The lowest BCUT2D eigenvalue weighted by molar-refractivity contribution is 0.519. The third-order valence-electron chi connectivity index (χ3n) is 4.07. The lowest BCUT2D eigenvalue weighted by atomic mass is 10.2. The van der Waals surface area contributed by atoms with Crippen molar-refractivity contribution >= 4 is 22.5 Å². The molecule has 0 saturated heterocycles. The van der Waals surface area contributed by atoms with Crippen LogP contribution in [0.4, 0.5) is 11.5 Å². The first-order valence-corrected chi connectivity index (χ1v) is 8.34. The molecule has 0 unspecified atom stereocenters. The number of anilines is 2. The molecule has 0 amide bonds. The smallest absolute Gasteiger partial charge is 0.182 e. The standard InChI is InChI=1S/C17H19N9/c1-10(2)26-16(22-23-24-26)12-6-5-7-13(8-12)21-15-14-9-18-25(4)17(14)20-11(3)19-15/h5-10H,1-4H3,(H,19,20,21). The molecule has 9 nitrogen and oxygen atoms in total. The minimum Gasteiger partial charge on any atom is -0.339 e. The summed E-state index contributed by atoms with van der Waals surface area (Å²) in [5, 5.41) is 20.5. The predicted octanol–water partition coefficient (Wildman–Crippen LogP) is 2.65. The second kappa shape index (κ2) is 6.17. The summed E-state index contributed by atoms with van der Waals surface area (Å²) in [7, 11) is 1.87.